The van der Waals surface area contributed by atoms with Gasteiger partial charge < -0.3 is 15.4 Å². The Bertz CT molecular complexity index is 593. The van der Waals surface area contributed by atoms with Gasteiger partial charge >= 0.3 is 6.18 Å². The highest BCUT2D eigenvalue weighted by Crippen LogP contribution is 2.25. The Hall–Kier alpha value is -1.51. The van der Waals surface area contributed by atoms with Crippen LogP contribution in [0.3, 0.4) is 0 Å². The molecule has 9 heteroatoms. The van der Waals surface area contributed by atoms with Gasteiger partial charge in [-0.1, -0.05) is 12.1 Å². The van der Waals surface area contributed by atoms with Crippen LogP contribution in [0.5, 0.6) is 5.75 Å². The first-order chi connectivity index (χ1) is 11.8. The van der Waals surface area contributed by atoms with Crippen LogP contribution in [0.2, 0.25) is 0 Å². The van der Waals surface area contributed by atoms with Crippen LogP contribution in [0.15, 0.2) is 18.2 Å². The normalized spacial score (nSPS) is 16.5. The maximum absolute atomic E-state index is 13.3. The van der Waals surface area contributed by atoms with Gasteiger partial charge in [0.15, 0.2) is 6.61 Å². The molecule has 26 heavy (non-hydrogen) atoms. The van der Waals surface area contributed by atoms with E-state index in [1.165, 1.54) is 4.90 Å². The number of nitrogens with one attached hydrogen (secondary N) is 2. The molecule has 0 bridgehead atoms. The molecule has 2 rings (SSSR count). The second-order valence-corrected chi connectivity index (χ2v) is 6.21. The summed E-state index contributed by atoms with van der Waals surface area (Å²) in [6.45, 7) is 4.59. The number of halogens is 4. The molecular formula is C17H25ClF3N3O2. The van der Waals surface area contributed by atoms with Gasteiger partial charge in [0.1, 0.15) is 11.8 Å². The van der Waals surface area contributed by atoms with Gasteiger partial charge in [0.2, 0.25) is 0 Å². The number of alkyl halides is 3. The Balaban J connectivity index is 0.00000338. The third-order valence-corrected chi connectivity index (χ3v) is 4.17. The molecular weight excluding hydrogens is 371 g/mol. The number of hydrogen-bond acceptors (Lipinski definition) is 4. The lowest BCUT2D eigenvalue weighted by molar-refractivity contribution is -0.184. The molecule has 0 aliphatic carbocycles. The third kappa shape index (κ3) is 6.66. The first-order valence-corrected chi connectivity index (χ1v) is 8.25. The van der Waals surface area contributed by atoms with Gasteiger partial charge in [0, 0.05) is 32.7 Å². The van der Waals surface area contributed by atoms with Crippen molar-refractivity contribution >= 4 is 18.3 Å². The van der Waals surface area contributed by atoms with Gasteiger partial charge in [-0.05, 0) is 31.0 Å². The van der Waals surface area contributed by atoms with Crippen LogP contribution < -0.4 is 15.4 Å². The molecule has 1 amide bonds. The van der Waals surface area contributed by atoms with Crippen LogP contribution >= 0.6 is 12.4 Å². The average molecular weight is 396 g/mol. The van der Waals surface area contributed by atoms with Crippen LogP contribution in [0.1, 0.15) is 11.1 Å². The zero-order valence-electron chi connectivity index (χ0n) is 14.9. The van der Waals surface area contributed by atoms with Crippen molar-refractivity contribution in [1.82, 2.24) is 15.5 Å². The summed E-state index contributed by atoms with van der Waals surface area (Å²) in [6, 6.07) is 3.90. The van der Waals surface area contributed by atoms with Crippen molar-refractivity contribution in [3.05, 3.63) is 29.3 Å². The minimum Gasteiger partial charge on any atom is -0.483 e. The number of nitrogens with zero attached hydrogens (tertiary/aromatic N) is 1. The molecule has 1 aromatic rings. The Labute approximate surface area is 157 Å². The van der Waals surface area contributed by atoms with Gasteiger partial charge in [-0.3, -0.25) is 9.69 Å². The SMILES string of the molecule is Cc1ccc(C)c(OCC(=O)NCC(N2CCNCC2)C(F)(F)F)c1.Cl. The van der Waals surface area contributed by atoms with Gasteiger partial charge in [0.05, 0.1) is 0 Å². The lowest BCUT2D eigenvalue weighted by Crippen LogP contribution is -2.57. The fourth-order valence-electron chi connectivity index (χ4n) is 2.71. The van der Waals surface area contributed by atoms with Crippen molar-refractivity contribution in [1.29, 1.82) is 0 Å². The largest absolute Gasteiger partial charge is 0.483 e. The molecule has 1 aliphatic heterocycles. The summed E-state index contributed by atoms with van der Waals surface area (Å²) in [7, 11) is 0. The van der Waals surface area contributed by atoms with Crippen molar-refractivity contribution in [2.24, 2.45) is 0 Å². The molecule has 1 aromatic carbocycles. The third-order valence-electron chi connectivity index (χ3n) is 4.17. The Kier molecular flexibility index (Phi) is 8.66. The minimum absolute atomic E-state index is 0. The van der Waals surface area contributed by atoms with Crippen LogP contribution in [0.25, 0.3) is 0 Å². The Morgan fingerprint density at radius 3 is 2.58 bits per heavy atom. The number of rotatable bonds is 6. The van der Waals surface area contributed by atoms with Crippen molar-refractivity contribution in [2.75, 3.05) is 39.3 Å². The molecule has 0 aromatic heterocycles. The first-order valence-electron chi connectivity index (χ1n) is 8.25. The van der Waals surface area contributed by atoms with E-state index in [2.05, 4.69) is 10.6 Å². The number of carbonyl (C=O) groups is 1. The summed E-state index contributed by atoms with van der Waals surface area (Å²) >= 11 is 0. The zero-order chi connectivity index (χ0) is 18.4. The number of piperazine rings is 1. The van der Waals surface area contributed by atoms with E-state index in [-0.39, 0.29) is 19.0 Å². The van der Waals surface area contributed by atoms with E-state index in [9.17, 15) is 18.0 Å². The van der Waals surface area contributed by atoms with E-state index in [0.29, 0.717) is 31.9 Å². The van der Waals surface area contributed by atoms with E-state index in [1.54, 1.807) is 6.07 Å². The molecule has 1 saturated heterocycles. The zero-order valence-corrected chi connectivity index (χ0v) is 15.7. The fourth-order valence-corrected chi connectivity index (χ4v) is 2.71. The molecule has 1 heterocycles. The summed E-state index contributed by atoms with van der Waals surface area (Å²) in [5, 5.41) is 5.36. The molecule has 0 spiro atoms. The van der Waals surface area contributed by atoms with Crippen molar-refractivity contribution in [3.63, 3.8) is 0 Å². The molecule has 1 atom stereocenters. The lowest BCUT2D eigenvalue weighted by atomic mass is 10.1. The maximum Gasteiger partial charge on any atom is 0.405 e. The molecule has 0 saturated carbocycles. The molecule has 0 radical (unpaired) electrons. The predicted octanol–water partition coefficient (Wildman–Crippen LogP) is 2.06. The first kappa shape index (κ1) is 22.5. The topological polar surface area (TPSA) is 53.6 Å². The molecule has 5 nitrogen and oxygen atoms in total. The van der Waals surface area contributed by atoms with E-state index >= 15 is 0 Å². The van der Waals surface area contributed by atoms with Gasteiger partial charge in [-0.25, -0.2) is 0 Å². The standard InChI is InChI=1S/C17H24F3N3O2.ClH/c1-12-3-4-13(2)14(9-12)25-11-16(24)22-10-15(17(18,19)20)23-7-5-21-6-8-23;/h3-4,9,15,21H,5-8,10-11H2,1-2H3,(H,22,24);1H. The Morgan fingerprint density at radius 1 is 1.31 bits per heavy atom. The van der Waals surface area contributed by atoms with Crippen LogP contribution in [-0.4, -0.2) is 62.4 Å². The number of benzene rings is 1. The summed E-state index contributed by atoms with van der Waals surface area (Å²) in [5.74, 6) is -0.00471. The van der Waals surface area contributed by atoms with E-state index in [1.807, 2.05) is 26.0 Å². The van der Waals surface area contributed by atoms with E-state index in [0.717, 1.165) is 11.1 Å². The van der Waals surface area contributed by atoms with E-state index < -0.39 is 24.7 Å². The van der Waals surface area contributed by atoms with Crippen LogP contribution in [0, 0.1) is 13.8 Å². The summed E-state index contributed by atoms with van der Waals surface area (Å²) in [5.41, 5.74) is 1.85. The average Bonchev–Trinajstić information content (AvgIpc) is 2.55. The van der Waals surface area contributed by atoms with Gasteiger partial charge in [-0.2, -0.15) is 13.2 Å². The number of aryl methyl sites for hydroxylation is 2. The lowest BCUT2D eigenvalue weighted by Gasteiger charge is -2.35. The Morgan fingerprint density at radius 2 is 1.96 bits per heavy atom. The highest BCUT2D eigenvalue weighted by molar-refractivity contribution is 5.85. The summed E-state index contributed by atoms with van der Waals surface area (Å²) in [6.07, 6.45) is -4.39. The molecule has 1 aliphatic rings. The number of carbonyl (C=O) groups excluding carboxylic acids is 1. The minimum atomic E-state index is -4.39. The molecule has 2 N–H and O–H groups in total. The highest BCUT2D eigenvalue weighted by atomic mass is 35.5. The highest BCUT2D eigenvalue weighted by Gasteiger charge is 2.43. The summed E-state index contributed by atoms with van der Waals surface area (Å²) < 4.78 is 45.2. The summed E-state index contributed by atoms with van der Waals surface area (Å²) in [4.78, 5) is 13.2. The number of ether oxygens (including phenoxy) is 1. The van der Waals surface area contributed by atoms with Gasteiger partial charge in [-0.15, -0.1) is 12.4 Å². The van der Waals surface area contributed by atoms with Crippen molar-refractivity contribution in [3.8, 4) is 5.75 Å². The van der Waals surface area contributed by atoms with Gasteiger partial charge in [0.25, 0.3) is 5.91 Å². The van der Waals surface area contributed by atoms with Crippen LogP contribution in [-0.2, 0) is 4.79 Å². The molecule has 148 valence electrons. The smallest absolute Gasteiger partial charge is 0.405 e. The van der Waals surface area contributed by atoms with Crippen molar-refractivity contribution in [2.45, 2.75) is 26.1 Å². The van der Waals surface area contributed by atoms with Crippen molar-refractivity contribution < 1.29 is 22.7 Å². The molecule has 1 fully saturated rings. The second-order valence-electron chi connectivity index (χ2n) is 6.21. The fraction of sp³-hybridized carbons (Fsp3) is 0.588. The van der Waals surface area contributed by atoms with Crippen LogP contribution in [0.4, 0.5) is 13.2 Å². The quantitative estimate of drug-likeness (QED) is 0.774. The second kappa shape index (κ2) is 9.99. The van der Waals surface area contributed by atoms with E-state index in [4.69, 9.17) is 4.74 Å². The predicted molar refractivity (Wildman–Crippen MR) is 96.0 cm³/mol. The molecule has 1 unspecified atom stereocenters. The number of hydrogen-bond donors (Lipinski definition) is 2. The monoisotopic (exact) mass is 395 g/mol. The maximum atomic E-state index is 13.3. The number of amides is 1.